The lowest BCUT2D eigenvalue weighted by molar-refractivity contribution is -0.195. The molecule has 0 aromatic heterocycles. The number of aliphatic hydroxyl groups is 3. The Balaban J connectivity index is 1.51. The molecule has 4 unspecified atom stereocenters. The molecule has 0 radical (unpaired) electrons. The van der Waals surface area contributed by atoms with Crippen LogP contribution in [0.3, 0.4) is 0 Å². The molecule has 2 aliphatic heterocycles. The van der Waals surface area contributed by atoms with Crippen LogP contribution < -0.4 is 0 Å². The minimum Gasteiger partial charge on any atom is -0.512 e. The summed E-state index contributed by atoms with van der Waals surface area (Å²) in [6, 6.07) is 0. The molecule has 1 saturated heterocycles. The molecule has 2 fully saturated rings. The summed E-state index contributed by atoms with van der Waals surface area (Å²) in [5.74, 6) is 1.64. The second kappa shape index (κ2) is 6.45. The molecule has 4 aliphatic rings. The molecule has 1 saturated carbocycles. The Morgan fingerprint density at radius 1 is 1.16 bits per heavy atom. The lowest BCUT2D eigenvalue weighted by atomic mass is 9.72. The smallest absolute Gasteiger partial charge is 0.112 e. The summed E-state index contributed by atoms with van der Waals surface area (Å²) in [4.78, 5) is 0. The van der Waals surface area contributed by atoms with Crippen LogP contribution in [0.4, 0.5) is 0 Å². The number of rotatable bonds is 2. The Kier molecular flexibility index (Phi) is 4.42. The van der Waals surface area contributed by atoms with Crippen LogP contribution in [0.2, 0.25) is 0 Å². The Bertz CT molecular complexity index is 642. The zero-order chi connectivity index (χ0) is 17.7. The molecule has 138 valence electrons. The Labute approximate surface area is 148 Å². The van der Waals surface area contributed by atoms with E-state index in [2.05, 4.69) is 19.9 Å². The highest BCUT2D eigenvalue weighted by molar-refractivity contribution is 5.36. The number of allylic oxidation sites excluding steroid dienone is 3. The summed E-state index contributed by atoms with van der Waals surface area (Å²) < 4.78 is 12.2. The fourth-order valence-corrected chi connectivity index (χ4v) is 4.78. The number of aliphatic hydroxyl groups excluding tert-OH is 3. The second-order valence-corrected chi connectivity index (χ2v) is 8.12. The van der Waals surface area contributed by atoms with Gasteiger partial charge in [0.25, 0.3) is 0 Å². The number of hydrogen-bond donors (Lipinski definition) is 3. The third-order valence-electron chi connectivity index (χ3n) is 6.22. The van der Waals surface area contributed by atoms with Gasteiger partial charge in [-0.2, -0.15) is 0 Å². The first-order chi connectivity index (χ1) is 12.0. The minimum absolute atomic E-state index is 0.00139. The topological polar surface area (TPSA) is 79.2 Å². The molecule has 2 heterocycles. The summed E-state index contributed by atoms with van der Waals surface area (Å²) >= 11 is 0. The summed E-state index contributed by atoms with van der Waals surface area (Å²) in [7, 11) is 0. The second-order valence-electron chi connectivity index (χ2n) is 8.12. The summed E-state index contributed by atoms with van der Waals surface area (Å²) in [6.07, 6.45) is 3.64. The van der Waals surface area contributed by atoms with E-state index in [1.165, 1.54) is 11.1 Å². The van der Waals surface area contributed by atoms with Gasteiger partial charge in [-0.1, -0.05) is 11.6 Å². The van der Waals surface area contributed by atoms with Crippen molar-refractivity contribution in [2.75, 3.05) is 6.61 Å². The van der Waals surface area contributed by atoms with Gasteiger partial charge in [0, 0.05) is 11.8 Å². The molecule has 0 bridgehead atoms. The van der Waals surface area contributed by atoms with Gasteiger partial charge in [0.05, 0.1) is 31.0 Å². The zero-order valence-corrected chi connectivity index (χ0v) is 14.9. The van der Waals surface area contributed by atoms with Gasteiger partial charge >= 0.3 is 0 Å². The minimum atomic E-state index is -0.833. The van der Waals surface area contributed by atoms with E-state index < -0.39 is 12.2 Å². The van der Waals surface area contributed by atoms with Gasteiger partial charge in [-0.25, -0.2) is 0 Å². The van der Waals surface area contributed by atoms with Crippen LogP contribution in [0.25, 0.3) is 0 Å². The van der Waals surface area contributed by atoms with Gasteiger partial charge in [-0.3, -0.25) is 0 Å². The van der Waals surface area contributed by atoms with Crippen molar-refractivity contribution in [3.8, 4) is 0 Å². The third kappa shape index (κ3) is 2.92. The van der Waals surface area contributed by atoms with Crippen LogP contribution in [-0.4, -0.2) is 46.3 Å². The molecule has 3 N–H and O–H groups in total. The fraction of sp³-hybridized carbons (Fsp3) is 0.700. The molecular weight excluding hydrogens is 320 g/mol. The van der Waals surface area contributed by atoms with E-state index in [0.717, 1.165) is 30.6 Å². The van der Waals surface area contributed by atoms with E-state index in [9.17, 15) is 15.3 Å². The van der Waals surface area contributed by atoms with E-state index in [0.29, 0.717) is 25.2 Å². The Morgan fingerprint density at radius 2 is 1.96 bits per heavy atom. The van der Waals surface area contributed by atoms with Crippen molar-refractivity contribution in [1.82, 2.24) is 0 Å². The van der Waals surface area contributed by atoms with Crippen molar-refractivity contribution >= 4 is 0 Å². The van der Waals surface area contributed by atoms with Crippen LogP contribution in [0.5, 0.6) is 0 Å². The fourth-order valence-electron chi connectivity index (χ4n) is 4.78. The van der Waals surface area contributed by atoms with Crippen LogP contribution in [0.1, 0.15) is 46.0 Å². The van der Waals surface area contributed by atoms with Gasteiger partial charge in [0.2, 0.25) is 0 Å². The van der Waals surface area contributed by atoms with Gasteiger partial charge < -0.3 is 24.8 Å². The molecule has 0 spiro atoms. The number of hydrogen-bond acceptors (Lipinski definition) is 5. The van der Waals surface area contributed by atoms with Crippen LogP contribution in [0, 0.1) is 11.8 Å². The highest BCUT2D eigenvalue weighted by atomic mass is 16.5. The number of fused-ring (bicyclic) bond motifs is 4. The predicted molar refractivity (Wildman–Crippen MR) is 92.8 cm³/mol. The normalized spacial score (nSPS) is 40.2. The maximum Gasteiger partial charge on any atom is 0.112 e. The van der Waals surface area contributed by atoms with Crippen molar-refractivity contribution in [3.05, 3.63) is 34.3 Å². The summed E-state index contributed by atoms with van der Waals surface area (Å²) in [5, 5.41) is 30.6. The monoisotopic (exact) mass is 348 g/mol. The maximum atomic E-state index is 10.4. The molecule has 5 heteroatoms. The van der Waals surface area contributed by atoms with Gasteiger partial charge in [0.1, 0.15) is 18.0 Å². The maximum absolute atomic E-state index is 10.4. The Morgan fingerprint density at radius 3 is 2.72 bits per heavy atom. The molecule has 0 amide bonds. The first kappa shape index (κ1) is 17.1. The van der Waals surface area contributed by atoms with Crippen molar-refractivity contribution in [2.45, 2.75) is 70.4 Å². The largest absolute Gasteiger partial charge is 0.512 e. The summed E-state index contributed by atoms with van der Waals surface area (Å²) in [6.45, 7) is 4.65. The highest BCUT2D eigenvalue weighted by Crippen LogP contribution is 2.50. The van der Waals surface area contributed by atoms with Crippen LogP contribution in [0.15, 0.2) is 34.3 Å². The number of ether oxygens (including phenoxy) is 2. The average molecular weight is 348 g/mol. The van der Waals surface area contributed by atoms with E-state index in [4.69, 9.17) is 9.47 Å². The van der Waals surface area contributed by atoms with E-state index in [-0.39, 0.29) is 24.0 Å². The molecule has 5 nitrogen and oxygen atoms in total. The molecular formula is C20H28O5. The average Bonchev–Trinajstić information content (AvgIpc) is 2.93. The lowest BCUT2D eigenvalue weighted by Crippen LogP contribution is -2.56. The van der Waals surface area contributed by atoms with Gasteiger partial charge in [-0.15, -0.1) is 0 Å². The quantitative estimate of drug-likeness (QED) is 0.669. The van der Waals surface area contributed by atoms with Crippen LogP contribution in [-0.2, 0) is 9.47 Å². The van der Waals surface area contributed by atoms with Crippen LogP contribution >= 0.6 is 0 Å². The molecule has 0 aromatic carbocycles. The molecule has 0 aromatic rings. The van der Waals surface area contributed by atoms with Gasteiger partial charge in [0.15, 0.2) is 0 Å². The van der Waals surface area contributed by atoms with E-state index >= 15 is 0 Å². The SMILES string of the molecule is CC(C)=CCC1=C(O)CC2=C(C1)[C@@H]1COC3C(O)C(O)CCC3[C@@H]1O2. The van der Waals surface area contributed by atoms with Crippen molar-refractivity contribution in [2.24, 2.45) is 11.8 Å². The first-order valence-corrected chi connectivity index (χ1v) is 9.35. The van der Waals surface area contributed by atoms with Crippen molar-refractivity contribution in [1.29, 1.82) is 0 Å². The third-order valence-corrected chi connectivity index (χ3v) is 6.22. The molecule has 2 aliphatic carbocycles. The van der Waals surface area contributed by atoms with Crippen molar-refractivity contribution < 1.29 is 24.8 Å². The standard InChI is InChI=1S/C20H28O5/c1-10(2)3-4-11-7-13-14-9-24-20-12(5-6-15(21)18(20)23)19(14)25-17(13)8-16(11)22/h3,12,14-15,18-23H,4-9H2,1-2H3/t12?,14-,15?,18?,19-,20?/m0/s1. The molecule has 25 heavy (non-hydrogen) atoms. The van der Waals surface area contributed by atoms with Gasteiger partial charge in [-0.05, 0) is 50.7 Å². The highest BCUT2D eigenvalue weighted by Gasteiger charge is 2.53. The molecule has 6 atom stereocenters. The lowest BCUT2D eigenvalue weighted by Gasteiger charge is -2.46. The predicted octanol–water partition coefficient (Wildman–Crippen LogP) is 2.75. The summed E-state index contributed by atoms with van der Waals surface area (Å²) in [5.41, 5.74) is 3.59. The van der Waals surface area contributed by atoms with Crippen molar-refractivity contribution in [3.63, 3.8) is 0 Å². The zero-order valence-electron chi connectivity index (χ0n) is 14.9. The van der Waals surface area contributed by atoms with E-state index in [1.807, 2.05) is 0 Å². The first-order valence-electron chi connectivity index (χ1n) is 9.35. The molecule has 4 rings (SSSR count). The Hall–Kier alpha value is -1.30. The van der Waals surface area contributed by atoms with E-state index in [1.54, 1.807) is 0 Å².